The summed E-state index contributed by atoms with van der Waals surface area (Å²) in [6.45, 7) is 5.07. The van der Waals surface area contributed by atoms with E-state index in [4.69, 9.17) is 9.97 Å². The summed E-state index contributed by atoms with van der Waals surface area (Å²) in [6, 6.07) is 10.9. The van der Waals surface area contributed by atoms with E-state index < -0.39 is 0 Å². The van der Waals surface area contributed by atoms with Crippen molar-refractivity contribution >= 4 is 11.7 Å². The van der Waals surface area contributed by atoms with Gasteiger partial charge in [-0.15, -0.1) is 0 Å². The number of benzene rings is 1. The number of rotatable bonds is 5. The van der Waals surface area contributed by atoms with Crippen LogP contribution in [0.25, 0.3) is 0 Å². The number of nitrogens with zero attached hydrogens (tertiary/aromatic N) is 4. The average molecular weight is 380 g/mol. The fraction of sp³-hybridized carbons (Fsp3) is 0.500. The molecule has 1 atom stereocenters. The number of carbonyl (C=O) groups excluding carboxylic acids is 1. The number of aromatic nitrogens is 2. The predicted octanol–water partition coefficient (Wildman–Crippen LogP) is 2.80. The highest BCUT2D eigenvalue weighted by molar-refractivity contribution is 5.73. The second-order valence-corrected chi connectivity index (χ2v) is 7.73. The first-order valence-corrected chi connectivity index (χ1v) is 10.3. The minimum absolute atomic E-state index is 0.113. The third-order valence-corrected chi connectivity index (χ3v) is 5.96. The summed E-state index contributed by atoms with van der Waals surface area (Å²) in [6.07, 6.45) is 4.12. The van der Waals surface area contributed by atoms with Crippen LogP contribution < -0.4 is 5.32 Å². The molecule has 0 radical (unpaired) electrons. The highest BCUT2D eigenvalue weighted by Crippen LogP contribution is 2.33. The van der Waals surface area contributed by atoms with Crippen molar-refractivity contribution in [1.82, 2.24) is 19.8 Å². The molecule has 1 saturated heterocycles. The van der Waals surface area contributed by atoms with E-state index in [0.717, 1.165) is 61.8 Å². The van der Waals surface area contributed by atoms with E-state index in [1.807, 2.05) is 11.9 Å². The van der Waals surface area contributed by atoms with Crippen molar-refractivity contribution in [2.45, 2.75) is 45.2 Å². The summed E-state index contributed by atoms with van der Waals surface area (Å²) < 4.78 is 0. The maximum absolute atomic E-state index is 11.8. The fourth-order valence-electron chi connectivity index (χ4n) is 4.38. The minimum atomic E-state index is 0.113. The van der Waals surface area contributed by atoms with E-state index in [1.165, 1.54) is 12.0 Å². The Morgan fingerprint density at radius 1 is 1.21 bits per heavy atom. The average Bonchev–Trinajstić information content (AvgIpc) is 3.20. The first kappa shape index (κ1) is 18.9. The number of carbonyl (C=O) groups is 1. The summed E-state index contributed by atoms with van der Waals surface area (Å²) in [5.74, 6) is 1.94. The minimum Gasteiger partial charge on any atom is -0.373 e. The van der Waals surface area contributed by atoms with E-state index >= 15 is 0 Å². The Labute approximate surface area is 167 Å². The number of amides is 1. The van der Waals surface area contributed by atoms with Crippen LogP contribution in [0.15, 0.2) is 30.3 Å². The lowest BCUT2D eigenvalue weighted by Gasteiger charge is -2.30. The van der Waals surface area contributed by atoms with Crippen molar-refractivity contribution in [2.24, 2.45) is 0 Å². The summed E-state index contributed by atoms with van der Waals surface area (Å²) in [7, 11) is 1.92. The maximum atomic E-state index is 11.8. The van der Waals surface area contributed by atoms with Crippen LogP contribution in [0.5, 0.6) is 0 Å². The van der Waals surface area contributed by atoms with Crippen molar-refractivity contribution in [1.29, 1.82) is 0 Å². The van der Waals surface area contributed by atoms with Crippen LogP contribution in [-0.4, -0.2) is 52.4 Å². The number of fused-ring (bicyclic) bond motifs is 1. The summed E-state index contributed by atoms with van der Waals surface area (Å²) in [4.78, 5) is 26.1. The Bertz CT molecular complexity index is 838. The fourth-order valence-corrected chi connectivity index (χ4v) is 4.38. The standard InChI is InChI=1S/C22H29N5O/c1-16(28)27-14-11-18-19(15-27)24-22(25-21(18)23-2)20-9-6-12-26(20)13-10-17-7-4-3-5-8-17/h3-5,7-8,20H,6,9-15H2,1-2H3,(H,23,24,25). The van der Waals surface area contributed by atoms with Gasteiger partial charge in [-0.3, -0.25) is 9.69 Å². The molecular weight excluding hydrogens is 350 g/mol. The monoisotopic (exact) mass is 379 g/mol. The molecule has 2 aliphatic rings. The molecule has 0 bridgehead atoms. The van der Waals surface area contributed by atoms with Crippen molar-refractivity contribution in [3.8, 4) is 0 Å². The Hall–Kier alpha value is -2.47. The topological polar surface area (TPSA) is 61.4 Å². The molecule has 1 N–H and O–H groups in total. The van der Waals surface area contributed by atoms with Crippen molar-refractivity contribution in [2.75, 3.05) is 32.0 Å². The Morgan fingerprint density at radius 3 is 2.79 bits per heavy atom. The zero-order valence-electron chi connectivity index (χ0n) is 16.8. The van der Waals surface area contributed by atoms with Crippen molar-refractivity contribution < 1.29 is 4.79 Å². The Morgan fingerprint density at radius 2 is 2.04 bits per heavy atom. The normalized spacial score (nSPS) is 19.5. The van der Waals surface area contributed by atoms with Gasteiger partial charge in [0.25, 0.3) is 0 Å². The first-order valence-electron chi connectivity index (χ1n) is 10.3. The van der Waals surface area contributed by atoms with Gasteiger partial charge in [-0.25, -0.2) is 9.97 Å². The van der Waals surface area contributed by atoms with Crippen LogP contribution in [0.4, 0.5) is 5.82 Å². The van der Waals surface area contributed by atoms with Gasteiger partial charge in [0, 0.05) is 32.6 Å². The van der Waals surface area contributed by atoms with E-state index in [9.17, 15) is 4.79 Å². The number of hydrogen-bond acceptors (Lipinski definition) is 5. The number of likely N-dealkylation sites (tertiary alicyclic amines) is 1. The molecule has 0 aliphatic carbocycles. The zero-order chi connectivity index (χ0) is 19.5. The largest absolute Gasteiger partial charge is 0.373 e. The van der Waals surface area contributed by atoms with E-state index in [-0.39, 0.29) is 11.9 Å². The van der Waals surface area contributed by atoms with Gasteiger partial charge in [-0.05, 0) is 37.8 Å². The summed E-state index contributed by atoms with van der Waals surface area (Å²) in [5.41, 5.74) is 3.54. The molecule has 0 saturated carbocycles. The third kappa shape index (κ3) is 3.87. The lowest BCUT2D eigenvalue weighted by atomic mass is 10.0. The van der Waals surface area contributed by atoms with Gasteiger partial charge in [-0.2, -0.15) is 0 Å². The molecule has 6 nitrogen and oxygen atoms in total. The van der Waals surface area contributed by atoms with Crippen molar-refractivity contribution in [3.05, 3.63) is 53.0 Å². The van der Waals surface area contributed by atoms with Gasteiger partial charge in [-0.1, -0.05) is 30.3 Å². The van der Waals surface area contributed by atoms with Crippen LogP contribution in [-0.2, 0) is 24.2 Å². The van der Waals surface area contributed by atoms with E-state index in [0.29, 0.717) is 6.54 Å². The molecule has 148 valence electrons. The highest BCUT2D eigenvalue weighted by Gasteiger charge is 2.31. The molecule has 3 heterocycles. The highest BCUT2D eigenvalue weighted by atomic mass is 16.2. The second kappa shape index (κ2) is 8.27. The smallest absolute Gasteiger partial charge is 0.219 e. The number of anilines is 1. The van der Waals surface area contributed by atoms with Gasteiger partial charge in [0.1, 0.15) is 11.6 Å². The molecule has 1 fully saturated rings. The number of hydrogen-bond donors (Lipinski definition) is 1. The first-order chi connectivity index (χ1) is 13.7. The van der Waals surface area contributed by atoms with Gasteiger partial charge < -0.3 is 10.2 Å². The third-order valence-electron chi connectivity index (χ3n) is 5.96. The van der Waals surface area contributed by atoms with Gasteiger partial charge in [0.05, 0.1) is 18.3 Å². The quantitative estimate of drug-likeness (QED) is 0.866. The van der Waals surface area contributed by atoms with Crippen LogP contribution in [0.1, 0.15) is 48.5 Å². The van der Waals surface area contributed by atoms with Crippen LogP contribution >= 0.6 is 0 Å². The molecule has 28 heavy (non-hydrogen) atoms. The molecule has 0 spiro atoms. The Balaban J connectivity index is 1.55. The van der Waals surface area contributed by atoms with Gasteiger partial charge >= 0.3 is 0 Å². The molecule has 1 aromatic carbocycles. The lowest BCUT2D eigenvalue weighted by Crippen LogP contribution is -2.36. The molecule has 6 heteroatoms. The second-order valence-electron chi connectivity index (χ2n) is 7.73. The molecule has 2 aromatic rings. The predicted molar refractivity (Wildman–Crippen MR) is 110 cm³/mol. The van der Waals surface area contributed by atoms with E-state index in [2.05, 4.69) is 40.5 Å². The molecule has 4 rings (SSSR count). The van der Waals surface area contributed by atoms with Crippen LogP contribution in [0.2, 0.25) is 0 Å². The maximum Gasteiger partial charge on any atom is 0.219 e. The summed E-state index contributed by atoms with van der Waals surface area (Å²) in [5, 5.41) is 3.26. The van der Waals surface area contributed by atoms with Crippen LogP contribution in [0, 0.1) is 0 Å². The van der Waals surface area contributed by atoms with Crippen LogP contribution in [0.3, 0.4) is 0 Å². The summed E-state index contributed by atoms with van der Waals surface area (Å²) >= 11 is 0. The van der Waals surface area contributed by atoms with E-state index in [1.54, 1.807) is 6.92 Å². The molecule has 2 aliphatic heterocycles. The molecule has 1 unspecified atom stereocenters. The zero-order valence-corrected chi connectivity index (χ0v) is 16.8. The molecule has 1 aromatic heterocycles. The van der Waals surface area contributed by atoms with Gasteiger partial charge in [0.2, 0.25) is 5.91 Å². The molecule has 1 amide bonds. The number of nitrogens with one attached hydrogen (secondary N) is 1. The van der Waals surface area contributed by atoms with Crippen molar-refractivity contribution in [3.63, 3.8) is 0 Å². The van der Waals surface area contributed by atoms with Gasteiger partial charge in [0.15, 0.2) is 0 Å². The lowest BCUT2D eigenvalue weighted by molar-refractivity contribution is -0.129. The molecular formula is C22H29N5O. The SMILES string of the molecule is CNc1nc(C2CCCN2CCc2ccccc2)nc2c1CCN(C(C)=O)C2. The Kier molecular flexibility index (Phi) is 5.57.